The van der Waals surface area contributed by atoms with Crippen LogP contribution in [-0.2, 0) is 23.7 Å². The van der Waals surface area contributed by atoms with E-state index in [9.17, 15) is 9.90 Å². The normalized spacial score (nSPS) is 37.1. The van der Waals surface area contributed by atoms with Gasteiger partial charge < -0.3 is 29.4 Å². The Kier molecular flexibility index (Phi) is 9.02. The fourth-order valence-electron chi connectivity index (χ4n) is 5.08. The van der Waals surface area contributed by atoms with E-state index in [1.807, 2.05) is 32.1 Å². The maximum Gasteiger partial charge on any atom is 0.302 e. The molecule has 0 aromatic carbocycles. The van der Waals surface area contributed by atoms with Gasteiger partial charge in [-0.2, -0.15) is 0 Å². The van der Waals surface area contributed by atoms with Crippen LogP contribution in [0.2, 0.25) is 0 Å². The molecule has 7 atom stereocenters. The zero-order valence-electron chi connectivity index (χ0n) is 22.1. The van der Waals surface area contributed by atoms with Gasteiger partial charge in [0, 0.05) is 19.0 Å². The number of esters is 1. The molecule has 0 saturated carbocycles. The van der Waals surface area contributed by atoms with E-state index in [2.05, 4.69) is 38.7 Å². The van der Waals surface area contributed by atoms with Crippen LogP contribution in [0.4, 0.5) is 0 Å². The number of epoxide rings is 1. The van der Waals surface area contributed by atoms with E-state index in [0.717, 1.165) is 24.1 Å². The van der Waals surface area contributed by atoms with Gasteiger partial charge in [0.1, 0.15) is 24.4 Å². The lowest BCUT2D eigenvalue weighted by Crippen LogP contribution is -2.53. The fourth-order valence-corrected chi connectivity index (χ4v) is 5.08. The molecule has 0 radical (unpaired) electrons. The first-order chi connectivity index (χ1) is 16.4. The van der Waals surface area contributed by atoms with E-state index in [0.29, 0.717) is 18.9 Å². The second kappa shape index (κ2) is 11.4. The summed E-state index contributed by atoms with van der Waals surface area (Å²) in [4.78, 5) is 10.8. The monoisotopic (exact) mass is 489 g/mol. The number of nitrogens with one attached hydrogen (secondary N) is 1. The minimum absolute atomic E-state index is 0.0433. The zero-order valence-corrected chi connectivity index (χ0v) is 22.1. The van der Waals surface area contributed by atoms with E-state index in [4.69, 9.17) is 18.9 Å². The summed E-state index contributed by atoms with van der Waals surface area (Å²) in [6, 6.07) is 0.169. The van der Waals surface area contributed by atoms with Crippen LogP contribution in [0.5, 0.6) is 0 Å². The summed E-state index contributed by atoms with van der Waals surface area (Å²) < 4.78 is 23.0. The average Bonchev–Trinajstić information content (AvgIpc) is 3.53. The van der Waals surface area contributed by atoms with Gasteiger partial charge in [-0.1, -0.05) is 37.3 Å². The molecule has 7 nitrogen and oxygen atoms in total. The second-order valence-corrected chi connectivity index (χ2v) is 10.9. The predicted molar refractivity (Wildman–Crippen MR) is 136 cm³/mol. The standard InChI is InChI=1S/C28H43NO6/c1-18(11-13-25-26(31)28(17-33-28)16-27(6,7)35-25)10-12-24-19(2)15-23(21(4)34-24)29-20(3)9-8-14-32-22(5)30/h8-11,13,19,21,23-26,29,31H,3,12,14-17H2,1-2,4-7H3/b9-8-,13-11+,18-10+/t19-,21+,23?,24-,25+,26+,28+/m0/s1. The molecule has 196 valence electrons. The van der Waals surface area contributed by atoms with Crippen molar-refractivity contribution in [2.24, 2.45) is 5.92 Å². The van der Waals surface area contributed by atoms with E-state index in [1.54, 1.807) is 6.08 Å². The Balaban J connectivity index is 1.48. The summed E-state index contributed by atoms with van der Waals surface area (Å²) in [5.41, 5.74) is 1.13. The van der Waals surface area contributed by atoms with Crippen molar-refractivity contribution in [1.29, 1.82) is 0 Å². The van der Waals surface area contributed by atoms with Crippen molar-refractivity contribution in [2.45, 2.75) is 102 Å². The first-order valence-corrected chi connectivity index (χ1v) is 12.7. The molecule has 3 aliphatic rings. The first kappa shape index (κ1) is 27.7. The van der Waals surface area contributed by atoms with Gasteiger partial charge in [-0.05, 0) is 58.6 Å². The molecule has 3 saturated heterocycles. The summed E-state index contributed by atoms with van der Waals surface area (Å²) in [6.45, 7) is 16.7. The number of allylic oxidation sites excluding steroid dienone is 3. The summed E-state index contributed by atoms with van der Waals surface area (Å²) in [5.74, 6) is 0.0815. The molecule has 0 aromatic rings. The third-order valence-corrected chi connectivity index (χ3v) is 7.06. The topological polar surface area (TPSA) is 89.6 Å². The largest absolute Gasteiger partial charge is 0.462 e. The van der Waals surface area contributed by atoms with Crippen molar-refractivity contribution in [3.8, 4) is 0 Å². The number of rotatable bonds is 9. The van der Waals surface area contributed by atoms with Gasteiger partial charge in [-0.15, -0.1) is 0 Å². The number of hydrogen-bond donors (Lipinski definition) is 2. The van der Waals surface area contributed by atoms with Crippen molar-refractivity contribution < 1.29 is 28.8 Å². The number of carbonyl (C=O) groups is 1. The Morgan fingerprint density at radius 1 is 1.26 bits per heavy atom. The van der Waals surface area contributed by atoms with Gasteiger partial charge in [0.15, 0.2) is 0 Å². The van der Waals surface area contributed by atoms with Crippen LogP contribution in [0.25, 0.3) is 0 Å². The van der Waals surface area contributed by atoms with Crippen molar-refractivity contribution >= 4 is 5.97 Å². The molecule has 3 aliphatic heterocycles. The molecule has 0 bridgehead atoms. The summed E-state index contributed by atoms with van der Waals surface area (Å²) in [5, 5.41) is 14.1. The molecule has 0 aromatic heterocycles. The highest BCUT2D eigenvalue weighted by Gasteiger charge is 2.60. The van der Waals surface area contributed by atoms with Crippen LogP contribution < -0.4 is 5.32 Å². The quantitative estimate of drug-likeness (QED) is 0.288. The number of hydrogen-bond acceptors (Lipinski definition) is 7. The molecule has 0 aliphatic carbocycles. The van der Waals surface area contributed by atoms with Crippen LogP contribution in [-0.4, -0.2) is 65.9 Å². The lowest BCUT2D eigenvalue weighted by Gasteiger charge is -2.41. The zero-order chi connectivity index (χ0) is 25.8. The van der Waals surface area contributed by atoms with E-state index < -0.39 is 11.7 Å². The van der Waals surface area contributed by atoms with Gasteiger partial charge >= 0.3 is 5.97 Å². The molecule has 7 heteroatoms. The Bertz CT molecular complexity index is 856. The molecule has 0 amide bonds. The highest BCUT2D eigenvalue weighted by Crippen LogP contribution is 2.46. The second-order valence-electron chi connectivity index (χ2n) is 10.9. The number of carbonyl (C=O) groups excluding carboxylic acids is 1. The van der Waals surface area contributed by atoms with Crippen LogP contribution in [0.15, 0.2) is 48.2 Å². The van der Waals surface area contributed by atoms with E-state index in [1.165, 1.54) is 6.92 Å². The third-order valence-electron chi connectivity index (χ3n) is 7.06. The smallest absolute Gasteiger partial charge is 0.302 e. The highest BCUT2D eigenvalue weighted by molar-refractivity contribution is 5.66. The molecule has 35 heavy (non-hydrogen) atoms. The third kappa shape index (κ3) is 7.78. The SMILES string of the molecule is C=C(/C=C\COC(C)=O)NC1C[C@H](C)[C@H](C/C=C(C)/C=C/[C@H]2OC(C)(C)C[C@@]3(CO3)[C@@H]2O)O[C@@H]1C. The lowest BCUT2D eigenvalue weighted by molar-refractivity contribution is -0.171. The van der Waals surface area contributed by atoms with E-state index >= 15 is 0 Å². The van der Waals surface area contributed by atoms with Crippen LogP contribution in [0, 0.1) is 5.92 Å². The Morgan fingerprint density at radius 2 is 1.97 bits per heavy atom. The maximum absolute atomic E-state index is 10.8. The maximum atomic E-state index is 10.8. The van der Waals surface area contributed by atoms with Gasteiger partial charge in [0.05, 0.1) is 30.5 Å². The highest BCUT2D eigenvalue weighted by atomic mass is 16.6. The molecule has 3 fully saturated rings. The molecule has 2 N–H and O–H groups in total. The molecule has 3 rings (SSSR count). The van der Waals surface area contributed by atoms with Gasteiger partial charge in [0.2, 0.25) is 0 Å². The van der Waals surface area contributed by atoms with Crippen molar-refractivity contribution in [2.75, 3.05) is 13.2 Å². The van der Waals surface area contributed by atoms with Gasteiger partial charge in [-0.3, -0.25) is 4.79 Å². The van der Waals surface area contributed by atoms with Crippen LogP contribution in [0.3, 0.4) is 0 Å². The Morgan fingerprint density at radius 3 is 2.63 bits per heavy atom. The molecule has 1 spiro atoms. The fraction of sp³-hybridized carbons (Fsp3) is 0.679. The van der Waals surface area contributed by atoms with Crippen LogP contribution >= 0.6 is 0 Å². The van der Waals surface area contributed by atoms with Crippen molar-refractivity contribution in [3.63, 3.8) is 0 Å². The minimum atomic E-state index is -0.641. The molecule has 3 heterocycles. The van der Waals surface area contributed by atoms with E-state index in [-0.39, 0.29) is 42.5 Å². The predicted octanol–water partition coefficient (Wildman–Crippen LogP) is 3.98. The van der Waals surface area contributed by atoms with Gasteiger partial charge in [-0.25, -0.2) is 0 Å². The molecule has 1 unspecified atom stereocenters. The number of ether oxygens (including phenoxy) is 4. The number of aliphatic hydroxyl groups excluding tert-OH is 1. The average molecular weight is 490 g/mol. The summed E-state index contributed by atoms with van der Waals surface area (Å²) in [6.07, 6.45) is 11.4. The number of aliphatic hydroxyl groups is 1. The van der Waals surface area contributed by atoms with Crippen molar-refractivity contribution in [1.82, 2.24) is 5.32 Å². The first-order valence-electron chi connectivity index (χ1n) is 12.7. The minimum Gasteiger partial charge on any atom is -0.462 e. The van der Waals surface area contributed by atoms with Crippen LogP contribution in [0.1, 0.15) is 60.8 Å². The Labute approximate surface area is 210 Å². The lowest BCUT2D eigenvalue weighted by atomic mass is 9.83. The Hall–Kier alpha value is -1.93. The summed E-state index contributed by atoms with van der Waals surface area (Å²) in [7, 11) is 0. The molecular weight excluding hydrogens is 446 g/mol. The van der Waals surface area contributed by atoms with Gasteiger partial charge in [0.25, 0.3) is 0 Å². The summed E-state index contributed by atoms with van der Waals surface area (Å²) >= 11 is 0. The van der Waals surface area contributed by atoms with Crippen molar-refractivity contribution in [3.05, 3.63) is 48.2 Å². The molecular formula is C28H43NO6.